The van der Waals surface area contributed by atoms with Crippen LogP contribution >= 0.6 is 0 Å². The third kappa shape index (κ3) is 59.2. The van der Waals surface area contributed by atoms with E-state index in [9.17, 15) is 14.4 Å². The van der Waals surface area contributed by atoms with Crippen molar-refractivity contribution >= 4 is 17.9 Å². The first-order chi connectivity index (χ1) is 36.5. The molecule has 424 valence electrons. The van der Waals surface area contributed by atoms with Crippen LogP contribution in [0, 0.1) is 0 Å². The van der Waals surface area contributed by atoms with Crippen molar-refractivity contribution in [3.8, 4) is 0 Å². The van der Waals surface area contributed by atoms with Crippen LogP contribution in [-0.4, -0.2) is 37.2 Å². The molecule has 6 heteroatoms. The molecule has 0 aromatic rings. The number of esters is 3. The van der Waals surface area contributed by atoms with Gasteiger partial charge in [-0.15, -0.1) is 0 Å². The third-order valence-electron chi connectivity index (χ3n) is 13.3. The number of unbranched alkanes of at least 4 members (excludes halogenated alkanes) is 29. The van der Waals surface area contributed by atoms with E-state index in [1.807, 2.05) is 0 Å². The van der Waals surface area contributed by atoms with Gasteiger partial charge in [0, 0.05) is 19.3 Å². The molecule has 0 amide bonds. The summed E-state index contributed by atoms with van der Waals surface area (Å²) in [6.45, 7) is 6.42. The summed E-state index contributed by atoms with van der Waals surface area (Å²) in [5, 5.41) is 0. The molecular weight excluding hydrogens is 913 g/mol. The number of hydrogen-bond acceptors (Lipinski definition) is 6. The smallest absolute Gasteiger partial charge is 0.306 e. The molecule has 1 atom stereocenters. The van der Waals surface area contributed by atoms with Crippen LogP contribution in [0.4, 0.5) is 0 Å². The molecule has 0 aromatic carbocycles. The minimum Gasteiger partial charge on any atom is -0.462 e. The molecule has 0 heterocycles. The fourth-order valence-electron chi connectivity index (χ4n) is 8.62. The lowest BCUT2D eigenvalue weighted by Gasteiger charge is -2.18. The number of hydrogen-bond donors (Lipinski definition) is 0. The monoisotopic (exact) mass is 1030 g/mol. The molecule has 0 N–H and O–H groups in total. The number of allylic oxidation sites excluding steroid dienone is 16. The van der Waals surface area contributed by atoms with Crippen molar-refractivity contribution in [2.24, 2.45) is 0 Å². The molecule has 74 heavy (non-hydrogen) atoms. The zero-order valence-electron chi connectivity index (χ0n) is 48.6. The summed E-state index contributed by atoms with van der Waals surface area (Å²) in [5.74, 6) is -0.945. The van der Waals surface area contributed by atoms with Gasteiger partial charge in [-0.3, -0.25) is 14.4 Å². The molecule has 0 rings (SSSR count). The maximum atomic E-state index is 12.8. The van der Waals surface area contributed by atoms with Crippen molar-refractivity contribution < 1.29 is 28.6 Å². The Hall–Kier alpha value is -3.67. The van der Waals surface area contributed by atoms with E-state index in [-0.39, 0.29) is 37.5 Å². The Labute approximate surface area is 457 Å². The molecule has 0 radical (unpaired) electrons. The van der Waals surface area contributed by atoms with Crippen LogP contribution in [0.1, 0.15) is 297 Å². The third-order valence-corrected chi connectivity index (χ3v) is 13.3. The largest absolute Gasteiger partial charge is 0.462 e. The van der Waals surface area contributed by atoms with Crippen molar-refractivity contribution in [2.75, 3.05) is 13.2 Å². The van der Waals surface area contributed by atoms with Crippen LogP contribution in [0.25, 0.3) is 0 Å². The van der Waals surface area contributed by atoms with Gasteiger partial charge >= 0.3 is 17.9 Å². The van der Waals surface area contributed by atoms with Gasteiger partial charge in [-0.05, 0) is 116 Å². The molecule has 0 fully saturated rings. The van der Waals surface area contributed by atoms with Crippen LogP contribution < -0.4 is 0 Å². The summed E-state index contributed by atoms with van der Waals surface area (Å²) in [7, 11) is 0. The normalized spacial score (nSPS) is 12.7. The molecule has 0 aromatic heterocycles. The van der Waals surface area contributed by atoms with Crippen molar-refractivity contribution in [1.29, 1.82) is 0 Å². The first kappa shape index (κ1) is 70.3. The van der Waals surface area contributed by atoms with E-state index in [0.717, 1.165) is 109 Å². The van der Waals surface area contributed by atoms with Gasteiger partial charge in [0.05, 0.1) is 0 Å². The summed E-state index contributed by atoms with van der Waals surface area (Å²) in [5.41, 5.74) is 0. The second-order valence-electron chi connectivity index (χ2n) is 20.6. The summed E-state index contributed by atoms with van der Waals surface area (Å²) in [6.07, 6.45) is 83.0. The molecular formula is C68H116O6. The molecule has 0 spiro atoms. The lowest BCUT2D eigenvalue weighted by atomic mass is 10.0. The second kappa shape index (κ2) is 61.9. The molecule has 0 aliphatic rings. The van der Waals surface area contributed by atoms with Crippen LogP contribution in [-0.2, 0) is 28.6 Å². The van der Waals surface area contributed by atoms with E-state index in [0.29, 0.717) is 19.3 Å². The maximum absolute atomic E-state index is 12.8. The topological polar surface area (TPSA) is 78.9 Å². The quantitative estimate of drug-likeness (QED) is 0.0261. The van der Waals surface area contributed by atoms with Gasteiger partial charge in [0.15, 0.2) is 6.10 Å². The molecule has 0 saturated carbocycles. The SMILES string of the molecule is CC/C=C\C/C=C\C/C=C\C/C=C\CCCCC(=O)OC(COC(=O)CCCCCCC/C=C\CCC)COC(=O)CCCCCCCCCCCCCCCCCC/C=C\C/C=C\C/C=C\CCCCCCC. The van der Waals surface area contributed by atoms with Gasteiger partial charge in [0.1, 0.15) is 13.2 Å². The van der Waals surface area contributed by atoms with Gasteiger partial charge in [-0.1, -0.05) is 259 Å². The molecule has 0 aliphatic heterocycles. The zero-order valence-corrected chi connectivity index (χ0v) is 48.6. The summed E-state index contributed by atoms with van der Waals surface area (Å²) < 4.78 is 16.8. The highest BCUT2D eigenvalue weighted by molar-refractivity contribution is 5.71. The van der Waals surface area contributed by atoms with Crippen molar-refractivity contribution in [2.45, 2.75) is 303 Å². The van der Waals surface area contributed by atoms with E-state index in [1.165, 1.54) is 141 Å². The molecule has 0 saturated heterocycles. The minimum atomic E-state index is -0.802. The Kier molecular flexibility index (Phi) is 58.8. The predicted octanol–water partition coefficient (Wildman–Crippen LogP) is 21.3. The average molecular weight is 1030 g/mol. The van der Waals surface area contributed by atoms with E-state index in [2.05, 4.69) is 118 Å². The number of rotatable bonds is 56. The number of ether oxygens (including phenoxy) is 3. The second-order valence-corrected chi connectivity index (χ2v) is 20.6. The Bertz CT molecular complexity index is 1460. The van der Waals surface area contributed by atoms with E-state index in [1.54, 1.807) is 0 Å². The molecule has 1 unspecified atom stereocenters. The number of carbonyl (C=O) groups excluding carboxylic acids is 3. The maximum Gasteiger partial charge on any atom is 0.306 e. The van der Waals surface area contributed by atoms with Crippen molar-refractivity contribution in [1.82, 2.24) is 0 Å². The van der Waals surface area contributed by atoms with Crippen LogP contribution in [0.3, 0.4) is 0 Å². The Morgan fingerprint density at radius 1 is 0.284 bits per heavy atom. The fourth-order valence-corrected chi connectivity index (χ4v) is 8.62. The van der Waals surface area contributed by atoms with Crippen LogP contribution in [0.2, 0.25) is 0 Å². The van der Waals surface area contributed by atoms with E-state index in [4.69, 9.17) is 14.2 Å². The van der Waals surface area contributed by atoms with Gasteiger partial charge in [-0.25, -0.2) is 0 Å². The van der Waals surface area contributed by atoms with Crippen molar-refractivity contribution in [3.05, 3.63) is 97.2 Å². The Morgan fingerprint density at radius 3 is 0.919 bits per heavy atom. The first-order valence-electron chi connectivity index (χ1n) is 31.2. The standard InChI is InChI=1S/C68H116O6/c1-4-7-10-13-16-19-22-24-26-27-28-29-30-31-32-33-34-35-36-37-38-39-40-41-43-44-46-49-52-55-58-61-67(70)73-64-65(63-72-66(69)60-57-54-51-48-21-18-15-12-9-6-3)74-68(71)62-59-56-53-50-47-45-42-25-23-20-17-14-11-8-5-2/h8,11-12,15,17,20,22,24-25,27-28,30-31,42,47,50,65H,4-7,9-10,13-14,16,18-19,21,23,26,29,32-41,43-46,48-49,51-64H2,1-3H3/b11-8-,15-12-,20-17-,24-22-,28-27-,31-30-,42-25-,50-47-. The van der Waals surface area contributed by atoms with Gasteiger partial charge in [0.25, 0.3) is 0 Å². The molecule has 0 aliphatic carbocycles. The van der Waals surface area contributed by atoms with Crippen LogP contribution in [0.15, 0.2) is 97.2 Å². The lowest BCUT2D eigenvalue weighted by molar-refractivity contribution is -0.167. The van der Waals surface area contributed by atoms with Gasteiger partial charge in [-0.2, -0.15) is 0 Å². The Morgan fingerprint density at radius 2 is 0.554 bits per heavy atom. The fraction of sp³-hybridized carbons (Fsp3) is 0.721. The van der Waals surface area contributed by atoms with E-state index >= 15 is 0 Å². The van der Waals surface area contributed by atoms with Crippen LogP contribution in [0.5, 0.6) is 0 Å². The van der Waals surface area contributed by atoms with Gasteiger partial charge < -0.3 is 14.2 Å². The van der Waals surface area contributed by atoms with E-state index < -0.39 is 6.10 Å². The molecule has 6 nitrogen and oxygen atoms in total. The summed E-state index contributed by atoms with van der Waals surface area (Å²) in [4.78, 5) is 38.1. The highest BCUT2D eigenvalue weighted by atomic mass is 16.6. The zero-order chi connectivity index (χ0) is 53.6. The Balaban J connectivity index is 4.16. The summed E-state index contributed by atoms with van der Waals surface area (Å²) >= 11 is 0. The first-order valence-corrected chi connectivity index (χ1v) is 31.2. The highest BCUT2D eigenvalue weighted by Crippen LogP contribution is 2.16. The average Bonchev–Trinajstić information content (AvgIpc) is 3.40. The predicted molar refractivity (Wildman–Crippen MR) is 320 cm³/mol. The number of carbonyl (C=O) groups is 3. The minimum absolute atomic E-state index is 0.0959. The van der Waals surface area contributed by atoms with Gasteiger partial charge in [0.2, 0.25) is 0 Å². The van der Waals surface area contributed by atoms with Crippen molar-refractivity contribution in [3.63, 3.8) is 0 Å². The summed E-state index contributed by atoms with van der Waals surface area (Å²) in [6, 6.07) is 0. The highest BCUT2D eigenvalue weighted by Gasteiger charge is 2.19. The lowest BCUT2D eigenvalue weighted by Crippen LogP contribution is -2.30. The molecule has 0 bridgehead atoms.